The van der Waals surface area contributed by atoms with Crippen LogP contribution in [-0.2, 0) is 16.0 Å². The summed E-state index contributed by atoms with van der Waals surface area (Å²) in [5.41, 5.74) is 2.45. The van der Waals surface area contributed by atoms with Crippen molar-refractivity contribution in [1.29, 1.82) is 5.26 Å². The van der Waals surface area contributed by atoms with E-state index in [9.17, 15) is 14.9 Å². The number of hydrogen-bond donors (Lipinski definition) is 1. The summed E-state index contributed by atoms with van der Waals surface area (Å²) in [4.78, 5) is 27.6. The largest absolute Gasteiger partial charge is 0.348 e. The predicted octanol–water partition coefficient (Wildman–Crippen LogP) is 5.85. The number of nitriles is 1. The molecule has 1 unspecified atom stereocenters. The fourth-order valence-electron chi connectivity index (χ4n) is 3.36. The van der Waals surface area contributed by atoms with Crippen LogP contribution in [0.25, 0.3) is 0 Å². The van der Waals surface area contributed by atoms with Gasteiger partial charge in [0.15, 0.2) is 0 Å². The van der Waals surface area contributed by atoms with Gasteiger partial charge in [0.1, 0.15) is 16.7 Å². The number of thioether (sulfide) groups is 1. The van der Waals surface area contributed by atoms with Crippen LogP contribution in [0, 0.1) is 11.3 Å². The number of carbonyl (C=O) groups excluding carboxylic acids is 2. The fraction of sp³-hybridized carbons (Fsp3) is 0.240. The number of anilines is 1. The zero-order chi connectivity index (χ0) is 24.1. The van der Waals surface area contributed by atoms with E-state index in [1.807, 2.05) is 36.4 Å². The van der Waals surface area contributed by atoms with Gasteiger partial charge in [0, 0.05) is 12.2 Å². The van der Waals surface area contributed by atoms with Crippen molar-refractivity contribution in [3.05, 3.63) is 86.9 Å². The second-order valence-electron chi connectivity index (χ2n) is 7.77. The molecule has 3 rings (SSSR count). The lowest BCUT2D eigenvalue weighted by atomic mass is 10.0. The predicted molar refractivity (Wildman–Crippen MR) is 135 cm³/mol. The molecular weight excluding hydrogens is 477 g/mol. The first-order valence-corrected chi connectivity index (χ1v) is 12.0. The Labute approximate surface area is 208 Å². The Bertz CT molecular complexity index is 1150. The zero-order valence-corrected chi connectivity index (χ0v) is 20.6. The molecular formula is C25H23Cl2N3O2S. The summed E-state index contributed by atoms with van der Waals surface area (Å²) in [7, 11) is 0. The standard InChI is InChI=1S/C25H23Cl2N3O2S/c1-4-11-29-23(31)19(14-28)25-30(18-8-6-17(7-9-18)15(2)3)24(32)22(33-25)13-16-5-10-20(26)21(27)12-16/h4-10,12,15,22H,1,11,13H2,2-3H3,(H,29,31)/b25-19-. The molecule has 0 aliphatic carbocycles. The van der Waals surface area contributed by atoms with Gasteiger partial charge in [-0.15, -0.1) is 6.58 Å². The Kier molecular flexibility index (Phi) is 8.25. The third-order valence-electron chi connectivity index (χ3n) is 5.14. The van der Waals surface area contributed by atoms with E-state index < -0.39 is 11.2 Å². The lowest BCUT2D eigenvalue weighted by molar-refractivity contribution is -0.117. The SMILES string of the molecule is C=CCNC(=O)/C(C#N)=C1\SC(Cc2ccc(Cl)c(Cl)c2)C(=O)N1c1ccc(C(C)C)cc1. The van der Waals surface area contributed by atoms with Gasteiger partial charge in [-0.2, -0.15) is 5.26 Å². The second-order valence-corrected chi connectivity index (χ2v) is 9.78. The summed E-state index contributed by atoms with van der Waals surface area (Å²) in [6.07, 6.45) is 1.90. The highest BCUT2D eigenvalue weighted by Crippen LogP contribution is 2.42. The third-order valence-corrected chi connectivity index (χ3v) is 7.14. The van der Waals surface area contributed by atoms with Crippen molar-refractivity contribution in [3.63, 3.8) is 0 Å². The average molecular weight is 500 g/mol. The van der Waals surface area contributed by atoms with Gasteiger partial charge in [-0.25, -0.2) is 0 Å². The molecule has 1 aliphatic heterocycles. The molecule has 2 aromatic carbocycles. The molecule has 170 valence electrons. The van der Waals surface area contributed by atoms with Crippen LogP contribution >= 0.6 is 35.0 Å². The maximum Gasteiger partial charge on any atom is 0.264 e. The van der Waals surface area contributed by atoms with Crippen LogP contribution in [0.2, 0.25) is 10.0 Å². The molecule has 0 aromatic heterocycles. The highest BCUT2D eigenvalue weighted by molar-refractivity contribution is 8.05. The maximum atomic E-state index is 13.5. The topological polar surface area (TPSA) is 73.2 Å². The first-order valence-electron chi connectivity index (χ1n) is 10.3. The first-order chi connectivity index (χ1) is 15.8. The Balaban J connectivity index is 2.03. The minimum atomic E-state index is -0.549. The quantitative estimate of drug-likeness (QED) is 0.294. The number of nitrogens with one attached hydrogen (secondary N) is 1. The van der Waals surface area contributed by atoms with Crippen LogP contribution in [-0.4, -0.2) is 23.6 Å². The first kappa shape index (κ1) is 24.9. The van der Waals surface area contributed by atoms with Crippen molar-refractivity contribution in [1.82, 2.24) is 5.32 Å². The van der Waals surface area contributed by atoms with Gasteiger partial charge in [0.05, 0.1) is 15.3 Å². The number of halogens is 2. The molecule has 1 atom stereocenters. The third kappa shape index (κ3) is 5.62. The van der Waals surface area contributed by atoms with E-state index in [4.69, 9.17) is 23.2 Å². The minimum Gasteiger partial charge on any atom is -0.348 e. The van der Waals surface area contributed by atoms with E-state index in [2.05, 4.69) is 25.7 Å². The molecule has 33 heavy (non-hydrogen) atoms. The van der Waals surface area contributed by atoms with Crippen LogP contribution in [0.4, 0.5) is 5.69 Å². The van der Waals surface area contributed by atoms with E-state index in [1.165, 1.54) is 22.7 Å². The van der Waals surface area contributed by atoms with E-state index in [0.717, 1.165) is 11.1 Å². The second kappa shape index (κ2) is 10.9. The van der Waals surface area contributed by atoms with Crippen molar-refractivity contribution < 1.29 is 9.59 Å². The smallest absolute Gasteiger partial charge is 0.264 e. The summed E-state index contributed by atoms with van der Waals surface area (Å²) in [5.74, 6) is -0.422. The van der Waals surface area contributed by atoms with E-state index in [0.29, 0.717) is 33.1 Å². The van der Waals surface area contributed by atoms with Crippen LogP contribution in [0.3, 0.4) is 0 Å². The van der Waals surface area contributed by atoms with Crippen LogP contribution < -0.4 is 10.2 Å². The Hall–Kier alpha value is -2.72. The molecule has 1 heterocycles. The van der Waals surface area contributed by atoms with Gasteiger partial charge in [-0.3, -0.25) is 14.5 Å². The number of carbonyl (C=O) groups is 2. The molecule has 1 aliphatic rings. The molecule has 8 heteroatoms. The van der Waals surface area contributed by atoms with Gasteiger partial charge in [-0.05, 0) is 47.7 Å². The molecule has 0 saturated carbocycles. The molecule has 2 amide bonds. The number of benzene rings is 2. The Morgan fingerprint density at radius 2 is 1.94 bits per heavy atom. The fourth-order valence-corrected chi connectivity index (χ4v) is 4.99. The van der Waals surface area contributed by atoms with Gasteiger partial charge in [-0.1, -0.05) is 73.1 Å². The highest BCUT2D eigenvalue weighted by atomic mass is 35.5. The minimum absolute atomic E-state index is 0.111. The van der Waals surface area contributed by atoms with Crippen molar-refractivity contribution in [3.8, 4) is 6.07 Å². The summed E-state index contributed by atoms with van der Waals surface area (Å²) in [6.45, 7) is 7.97. The summed E-state index contributed by atoms with van der Waals surface area (Å²) < 4.78 is 0. The molecule has 2 aromatic rings. The lowest BCUT2D eigenvalue weighted by Gasteiger charge is -2.19. The van der Waals surface area contributed by atoms with Crippen molar-refractivity contribution >= 4 is 52.5 Å². The summed E-state index contributed by atoms with van der Waals surface area (Å²) >= 11 is 13.4. The van der Waals surface area contributed by atoms with Crippen molar-refractivity contribution in [2.75, 3.05) is 11.4 Å². The summed E-state index contributed by atoms with van der Waals surface area (Å²) in [6, 6.07) is 14.8. The summed E-state index contributed by atoms with van der Waals surface area (Å²) in [5, 5.41) is 13.0. The van der Waals surface area contributed by atoms with E-state index in [-0.39, 0.29) is 18.0 Å². The van der Waals surface area contributed by atoms with Crippen LogP contribution in [0.1, 0.15) is 30.9 Å². The molecule has 0 spiro atoms. The number of rotatable bonds is 7. The van der Waals surface area contributed by atoms with Gasteiger partial charge >= 0.3 is 0 Å². The Morgan fingerprint density at radius 3 is 2.52 bits per heavy atom. The van der Waals surface area contributed by atoms with Crippen molar-refractivity contribution in [2.24, 2.45) is 0 Å². The van der Waals surface area contributed by atoms with E-state index >= 15 is 0 Å². The van der Waals surface area contributed by atoms with E-state index in [1.54, 1.807) is 12.1 Å². The maximum absolute atomic E-state index is 13.5. The normalized spacial score (nSPS) is 17.2. The van der Waals surface area contributed by atoms with Crippen molar-refractivity contribution in [2.45, 2.75) is 31.4 Å². The van der Waals surface area contributed by atoms with Crippen LogP contribution in [0.15, 0.2) is 65.7 Å². The number of amides is 2. The molecule has 5 nitrogen and oxygen atoms in total. The molecule has 1 fully saturated rings. The Morgan fingerprint density at radius 1 is 1.24 bits per heavy atom. The molecule has 1 saturated heterocycles. The molecule has 0 bridgehead atoms. The highest BCUT2D eigenvalue weighted by Gasteiger charge is 2.40. The average Bonchev–Trinajstić information content (AvgIpc) is 3.10. The van der Waals surface area contributed by atoms with Gasteiger partial charge in [0.25, 0.3) is 5.91 Å². The monoisotopic (exact) mass is 499 g/mol. The van der Waals surface area contributed by atoms with Gasteiger partial charge in [0.2, 0.25) is 5.91 Å². The molecule has 0 radical (unpaired) electrons. The van der Waals surface area contributed by atoms with Gasteiger partial charge < -0.3 is 5.32 Å². The van der Waals surface area contributed by atoms with Crippen LogP contribution in [0.5, 0.6) is 0 Å². The zero-order valence-electron chi connectivity index (χ0n) is 18.3. The molecule has 1 N–H and O–H groups in total. The lowest BCUT2D eigenvalue weighted by Crippen LogP contribution is -2.32. The number of nitrogens with zero attached hydrogens (tertiary/aromatic N) is 2. The number of hydrogen-bond acceptors (Lipinski definition) is 4.